The van der Waals surface area contributed by atoms with Crippen molar-refractivity contribution in [3.63, 3.8) is 0 Å². The van der Waals surface area contributed by atoms with E-state index in [1.165, 1.54) is 0 Å². The minimum absolute atomic E-state index is 0.0798. The Balaban J connectivity index is 1.67. The fourth-order valence-electron chi connectivity index (χ4n) is 2.64. The van der Waals surface area contributed by atoms with Crippen LogP contribution >= 0.6 is 11.6 Å². The number of carbonyl (C=O) groups is 1. The third-order valence-corrected chi connectivity index (χ3v) is 4.03. The molecule has 1 amide bonds. The maximum atomic E-state index is 11.9. The Bertz CT molecular complexity index is 536. The molecule has 1 aromatic rings. The van der Waals surface area contributed by atoms with E-state index in [2.05, 4.69) is 10.6 Å². The first kappa shape index (κ1) is 14.5. The van der Waals surface area contributed by atoms with Crippen molar-refractivity contribution < 1.29 is 14.3 Å². The fraction of sp³-hybridized carbons (Fsp3) is 0.533. The van der Waals surface area contributed by atoms with Crippen LogP contribution in [0.3, 0.4) is 0 Å². The summed E-state index contributed by atoms with van der Waals surface area (Å²) in [6, 6.07) is 3.64. The van der Waals surface area contributed by atoms with Crippen LogP contribution < -0.4 is 20.1 Å². The number of fused-ring (bicyclic) bond motifs is 1. The molecule has 0 spiro atoms. The molecule has 2 heterocycles. The van der Waals surface area contributed by atoms with E-state index in [0.29, 0.717) is 36.3 Å². The van der Waals surface area contributed by atoms with Crippen molar-refractivity contribution in [1.82, 2.24) is 10.6 Å². The minimum Gasteiger partial charge on any atom is -0.486 e. The van der Waals surface area contributed by atoms with E-state index in [1.807, 2.05) is 12.1 Å². The van der Waals surface area contributed by atoms with Gasteiger partial charge in [-0.1, -0.05) is 11.6 Å². The largest absolute Gasteiger partial charge is 0.486 e. The van der Waals surface area contributed by atoms with E-state index in [9.17, 15) is 4.79 Å². The third kappa shape index (κ3) is 3.41. The summed E-state index contributed by atoms with van der Waals surface area (Å²) in [4.78, 5) is 11.9. The van der Waals surface area contributed by atoms with Gasteiger partial charge in [0.2, 0.25) is 5.91 Å². The minimum atomic E-state index is -0.139. The van der Waals surface area contributed by atoms with Crippen LogP contribution in [0.15, 0.2) is 12.1 Å². The number of halogens is 1. The summed E-state index contributed by atoms with van der Waals surface area (Å²) in [6.45, 7) is 2.40. The summed E-state index contributed by atoms with van der Waals surface area (Å²) < 4.78 is 11.1. The Morgan fingerprint density at radius 3 is 3.05 bits per heavy atom. The van der Waals surface area contributed by atoms with Gasteiger partial charge in [0.25, 0.3) is 0 Å². The molecular formula is C15H19ClN2O3. The number of carbonyl (C=O) groups excluding carboxylic acids is 1. The van der Waals surface area contributed by atoms with Gasteiger partial charge in [-0.2, -0.15) is 0 Å². The highest BCUT2D eigenvalue weighted by Gasteiger charge is 2.21. The second-order valence-electron chi connectivity index (χ2n) is 5.32. The zero-order valence-corrected chi connectivity index (χ0v) is 12.5. The van der Waals surface area contributed by atoms with Gasteiger partial charge in [-0.15, -0.1) is 0 Å². The molecule has 2 aliphatic rings. The standard InChI is InChI=1S/C15H19ClN2O3/c16-11-7-10(8-13-14(11)21-6-5-20-13)9-18-12-3-1-2-4-17-15(12)19/h7-8,12,18H,1-6,9H2,(H,17,19)/t12-/m1/s1. The second kappa shape index (κ2) is 6.54. The Labute approximate surface area is 128 Å². The van der Waals surface area contributed by atoms with Gasteiger partial charge in [0.1, 0.15) is 13.2 Å². The normalized spacial score (nSPS) is 21.6. The summed E-state index contributed by atoms with van der Waals surface area (Å²) in [5, 5.41) is 6.76. The third-order valence-electron chi connectivity index (χ3n) is 3.74. The summed E-state index contributed by atoms with van der Waals surface area (Å²) >= 11 is 6.21. The molecule has 1 aromatic carbocycles. The number of amides is 1. The van der Waals surface area contributed by atoms with E-state index < -0.39 is 0 Å². The second-order valence-corrected chi connectivity index (χ2v) is 5.73. The molecule has 1 atom stereocenters. The highest BCUT2D eigenvalue weighted by molar-refractivity contribution is 6.32. The molecule has 0 saturated carbocycles. The lowest BCUT2D eigenvalue weighted by atomic mass is 10.1. The van der Waals surface area contributed by atoms with Crippen LogP contribution in [0.5, 0.6) is 11.5 Å². The first-order valence-electron chi connectivity index (χ1n) is 7.33. The summed E-state index contributed by atoms with van der Waals surface area (Å²) in [5.41, 5.74) is 0.987. The molecule has 0 unspecified atom stereocenters. The molecule has 5 nitrogen and oxygen atoms in total. The van der Waals surface area contributed by atoms with Crippen LogP contribution in [0, 0.1) is 0 Å². The number of benzene rings is 1. The van der Waals surface area contributed by atoms with Crippen LogP contribution in [0.25, 0.3) is 0 Å². The van der Waals surface area contributed by atoms with Crippen LogP contribution in [-0.2, 0) is 11.3 Å². The van der Waals surface area contributed by atoms with Crippen LogP contribution in [0.4, 0.5) is 0 Å². The first-order chi connectivity index (χ1) is 10.2. The lowest BCUT2D eigenvalue weighted by molar-refractivity contribution is -0.122. The lowest BCUT2D eigenvalue weighted by Crippen LogP contribution is -2.42. The highest BCUT2D eigenvalue weighted by Crippen LogP contribution is 2.38. The smallest absolute Gasteiger partial charge is 0.237 e. The summed E-state index contributed by atoms with van der Waals surface area (Å²) in [7, 11) is 0. The van der Waals surface area contributed by atoms with Crippen molar-refractivity contribution in [3.05, 3.63) is 22.7 Å². The van der Waals surface area contributed by atoms with Gasteiger partial charge in [-0.25, -0.2) is 0 Å². The SMILES string of the molecule is O=C1NCCCC[C@H]1NCc1cc(Cl)c2c(c1)OCCO2. The predicted octanol–water partition coefficient (Wildman–Crippen LogP) is 1.87. The van der Waals surface area contributed by atoms with Crippen LogP contribution in [-0.4, -0.2) is 31.7 Å². The number of ether oxygens (including phenoxy) is 2. The molecule has 6 heteroatoms. The molecule has 3 rings (SSSR count). The zero-order valence-electron chi connectivity index (χ0n) is 11.8. The van der Waals surface area contributed by atoms with Gasteiger partial charge in [0.05, 0.1) is 11.1 Å². The molecule has 0 bridgehead atoms. The molecule has 1 saturated heterocycles. The molecule has 0 aromatic heterocycles. The summed E-state index contributed by atoms with van der Waals surface area (Å²) in [6.07, 6.45) is 2.96. The molecule has 114 valence electrons. The lowest BCUT2D eigenvalue weighted by Gasteiger charge is -2.21. The number of hydrogen-bond acceptors (Lipinski definition) is 4. The average molecular weight is 311 g/mol. The van der Waals surface area contributed by atoms with Crippen molar-refractivity contribution in [2.24, 2.45) is 0 Å². The van der Waals surface area contributed by atoms with Gasteiger partial charge < -0.3 is 20.1 Å². The molecule has 0 radical (unpaired) electrons. The van der Waals surface area contributed by atoms with Crippen molar-refractivity contribution in [3.8, 4) is 11.5 Å². The van der Waals surface area contributed by atoms with E-state index in [4.69, 9.17) is 21.1 Å². The highest BCUT2D eigenvalue weighted by atomic mass is 35.5. The Morgan fingerprint density at radius 1 is 1.29 bits per heavy atom. The van der Waals surface area contributed by atoms with E-state index in [-0.39, 0.29) is 11.9 Å². The fourth-order valence-corrected chi connectivity index (χ4v) is 2.93. The van der Waals surface area contributed by atoms with Gasteiger partial charge in [-0.05, 0) is 37.0 Å². The zero-order chi connectivity index (χ0) is 14.7. The Hall–Kier alpha value is -1.46. The maximum absolute atomic E-state index is 11.9. The van der Waals surface area contributed by atoms with Crippen LogP contribution in [0.2, 0.25) is 5.02 Å². The van der Waals surface area contributed by atoms with Gasteiger partial charge in [-0.3, -0.25) is 4.79 Å². The van der Waals surface area contributed by atoms with Crippen molar-refractivity contribution >= 4 is 17.5 Å². The molecule has 0 aliphatic carbocycles. The Kier molecular flexibility index (Phi) is 4.51. The molecule has 1 fully saturated rings. The van der Waals surface area contributed by atoms with E-state index >= 15 is 0 Å². The van der Waals surface area contributed by atoms with E-state index in [1.54, 1.807) is 0 Å². The molecular weight excluding hydrogens is 292 g/mol. The molecule has 2 N–H and O–H groups in total. The number of hydrogen-bond donors (Lipinski definition) is 2. The van der Waals surface area contributed by atoms with Crippen molar-refractivity contribution in [2.75, 3.05) is 19.8 Å². The van der Waals surface area contributed by atoms with E-state index in [0.717, 1.165) is 31.4 Å². The molecule has 2 aliphatic heterocycles. The quantitative estimate of drug-likeness (QED) is 0.895. The van der Waals surface area contributed by atoms with Gasteiger partial charge in [0, 0.05) is 13.1 Å². The van der Waals surface area contributed by atoms with Gasteiger partial charge >= 0.3 is 0 Å². The average Bonchev–Trinajstić information content (AvgIpc) is 2.70. The molecule has 21 heavy (non-hydrogen) atoms. The number of rotatable bonds is 3. The summed E-state index contributed by atoms with van der Waals surface area (Å²) in [5.74, 6) is 1.37. The Morgan fingerprint density at radius 2 is 2.14 bits per heavy atom. The topological polar surface area (TPSA) is 59.6 Å². The maximum Gasteiger partial charge on any atom is 0.237 e. The monoisotopic (exact) mass is 310 g/mol. The van der Waals surface area contributed by atoms with Gasteiger partial charge in [0.15, 0.2) is 11.5 Å². The van der Waals surface area contributed by atoms with Crippen LogP contribution in [0.1, 0.15) is 24.8 Å². The number of nitrogens with one attached hydrogen (secondary N) is 2. The predicted molar refractivity (Wildman–Crippen MR) is 79.9 cm³/mol. The van der Waals surface area contributed by atoms with Crippen molar-refractivity contribution in [2.45, 2.75) is 31.8 Å². The first-order valence-corrected chi connectivity index (χ1v) is 7.71. The van der Waals surface area contributed by atoms with Crippen molar-refractivity contribution in [1.29, 1.82) is 0 Å².